The molecule has 0 heterocycles. The van der Waals surface area contributed by atoms with Crippen LogP contribution in [0, 0.1) is 0 Å². The van der Waals surface area contributed by atoms with Gasteiger partial charge < -0.3 is 24.1 Å². The highest BCUT2D eigenvalue weighted by molar-refractivity contribution is 6.74. The van der Waals surface area contributed by atoms with Crippen LogP contribution in [0.15, 0.2) is 0 Å². The Kier molecular flexibility index (Phi) is 13.0. The molecule has 0 rings (SSSR count). The van der Waals surface area contributed by atoms with Gasteiger partial charge in [-0.1, -0.05) is 34.1 Å². The Labute approximate surface area is 183 Å². The second kappa shape index (κ2) is 13.4. The van der Waals surface area contributed by atoms with Crippen molar-refractivity contribution >= 4 is 20.3 Å². The average molecular weight is 449 g/mol. The van der Waals surface area contributed by atoms with Gasteiger partial charge >= 0.3 is 11.9 Å². The van der Waals surface area contributed by atoms with Gasteiger partial charge in [-0.2, -0.15) is 0 Å². The normalized spacial score (nSPS) is 16.5. The number of esters is 2. The zero-order chi connectivity index (χ0) is 23.5. The summed E-state index contributed by atoms with van der Waals surface area (Å²) in [7, 11) is -1.80. The van der Waals surface area contributed by atoms with E-state index in [4.69, 9.17) is 13.9 Å². The van der Waals surface area contributed by atoms with Crippen molar-refractivity contribution in [2.45, 2.75) is 123 Å². The fraction of sp³-hybridized carbons (Fsp3) is 0.909. The Bertz CT molecular complexity index is 516. The van der Waals surface area contributed by atoms with E-state index in [9.17, 15) is 19.8 Å². The lowest BCUT2D eigenvalue weighted by molar-refractivity contribution is -0.182. The first kappa shape index (κ1) is 29.0. The van der Waals surface area contributed by atoms with Crippen molar-refractivity contribution < 1.29 is 33.7 Å². The summed E-state index contributed by atoms with van der Waals surface area (Å²) < 4.78 is 16.7. The maximum Gasteiger partial charge on any atom is 0.303 e. The Morgan fingerprint density at radius 3 is 1.97 bits per heavy atom. The summed E-state index contributed by atoms with van der Waals surface area (Å²) in [5, 5.41) is 21.3. The van der Waals surface area contributed by atoms with Gasteiger partial charge in [0.05, 0.1) is 6.10 Å². The van der Waals surface area contributed by atoms with Crippen LogP contribution in [0.4, 0.5) is 0 Å². The highest BCUT2D eigenvalue weighted by atomic mass is 28.4. The van der Waals surface area contributed by atoms with E-state index in [0.29, 0.717) is 25.9 Å². The number of unbranched alkanes of at least 4 members (excludes halogenated alkanes) is 2. The zero-order valence-electron chi connectivity index (χ0n) is 20.2. The summed E-state index contributed by atoms with van der Waals surface area (Å²) in [5.74, 6) is -1.11. The van der Waals surface area contributed by atoms with E-state index in [-0.39, 0.29) is 5.04 Å². The van der Waals surface area contributed by atoms with Gasteiger partial charge in [0.25, 0.3) is 0 Å². The predicted molar refractivity (Wildman–Crippen MR) is 120 cm³/mol. The Morgan fingerprint density at radius 2 is 1.50 bits per heavy atom. The fourth-order valence-electron chi connectivity index (χ4n) is 2.85. The molecule has 0 aromatic carbocycles. The zero-order valence-corrected chi connectivity index (χ0v) is 21.2. The first-order chi connectivity index (χ1) is 13.7. The molecule has 0 aromatic rings. The standard InChI is InChI=1S/C22H44O7Si/c1-9-10-14-19(28-16(2)23)21(29-17(3)24)20(26)18(25)13-11-12-15-27-30(7,8)22(4,5)6/h18-21,25-26H,9-15H2,1-8H3/t18-,19+,20-,21-/m1/s1. The van der Waals surface area contributed by atoms with Crippen molar-refractivity contribution in [2.24, 2.45) is 0 Å². The van der Waals surface area contributed by atoms with Crippen molar-refractivity contribution in [2.75, 3.05) is 6.61 Å². The maximum atomic E-state index is 11.6. The van der Waals surface area contributed by atoms with Gasteiger partial charge in [-0.15, -0.1) is 0 Å². The second-order valence-electron chi connectivity index (χ2n) is 9.53. The lowest BCUT2D eigenvalue weighted by atomic mass is 9.96. The average Bonchev–Trinajstić information content (AvgIpc) is 2.60. The van der Waals surface area contributed by atoms with Gasteiger partial charge in [0.1, 0.15) is 12.2 Å². The lowest BCUT2D eigenvalue weighted by Crippen LogP contribution is -2.48. The number of carbonyl (C=O) groups is 2. The van der Waals surface area contributed by atoms with Crippen molar-refractivity contribution in [3.8, 4) is 0 Å². The molecular weight excluding hydrogens is 404 g/mol. The largest absolute Gasteiger partial charge is 0.458 e. The molecule has 0 aliphatic carbocycles. The van der Waals surface area contributed by atoms with E-state index in [0.717, 1.165) is 19.3 Å². The summed E-state index contributed by atoms with van der Waals surface area (Å²) in [6, 6.07) is 0. The molecular formula is C22H44O7Si. The van der Waals surface area contributed by atoms with Gasteiger partial charge in [0, 0.05) is 20.5 Å². The molecule has 0 fully saturated rings. The second-order valence-corrected chi connectivity index (χ2v) is 14.3. The molecule has 0 unspecified atom stereocenters. The molecule has 8 heteroatoms. The Balaban J connectivity index is 4.84. The topological polar surface area (TPSA) is 102 Å². The molecule has 7 nitrogen and oxygen atoms in total. The third kappa shape index (κ3) is 10.9. The van der Waals surface area contributed by atoms with Crippen molar-refractivity contribution in [3.63, 3.8) is 0 Å². The van der Waals surface area contributed by atoms with Crippen molar-refractivity contribution in [1.29, 1.82) is 0 Å². The molecule has 2 N–H and O–H groups in total. The van der Waals surface area contributed by atoms with E-state index < -0.39 is 44.7 Å². The van der Waals surface area contributed by atoms with E-state index in [1.165, 1.54) is 13.8 Å². The van der Waals surface area contributed by atoms with Crippen LogP contribution >= 0.6 is 0 Å². The number of rotatable bonds is 14. The first-order valence-electron chi connectivity index (χ1n) is 11.1. The monoisotopic (exact) mass is 448 g/mol. The van der Waals surface area contributed by atoms with Gasteiger partial charge in [-0.3, -0.25) is 9.59 Å². The summed E-state index contributed by atoms with van der Waals surface area (Å²) in [5.41, 5.74) is 0. The van der Waals surface area contributed by atoms with Gasteiger partial charge in [0.15, 0.2) is 14.4 Å². The molecule has 0 amide bonds. The van der Waals surface area contributed by atoms with Crippen LogP contribution in [0.1, 0.15) is 80.1 Å². The van der Waals surface area contributed by atoms with Crippen LogP contribution < -0.4 is 0 Å². The third-order valence-electron chi connectivity index (χ3n) is 5.72. The molecule has 0 radical (unpaired) electrons. The molecule has 4 atom stereocenters. The van der Waals surface area contributed by atoms with Crippen LogP contribution in [0.5, 0.6) is 0 Å². The van der Waals surface area contributed by atoms with Gasteiger partial charge in [-0.05, 0) is 50.2 Å². The van der Waals surface area contributed by atoms with E-state index in [2.05, 4.69) is 33.9 Å². The van der Waals surface area contributed by atoms with Crippen LogP contribution in [0.3, 0.4) is 0 Å². The number of carbonyl (C=O) groups excluding carboxylic acids is 2. The number of aliphatic hydroxyl groups is 2. The summed E-state index contributed by atoms with van der Waals surface area (Å²) >= 11 is 0. The number of aliphatic hydroxyl groups excluding tert-OH is 2. The van der Waals surface area contributed by atoms with Crippen LogP contribution in [-0.2, 0) is 23.5 Å². The molecule has 30 heavy (non-hydrogen) atoms. The van der Waals surface area contributed by atoms with Crippen LogP contribution in [0.25, 0.3) is 0 Å². The number of hydrogen-bond donors (Lipinski definition) is 2. The molecule has 0 aliphatic rings. The highest BCUT2D eigenvalue weighted by Gasteiger charge is 2.38. The quantitative estimate of drug-likeness (QED) is 0.236. The molecule has 0 aliphatic heterocycles. The lowest BCUT2D eigenvalue weighted by Gasteiger charge is -2.36. The minimum atomic E-state index is -1.80. The molecule has 0 saturated heterocycles. The summed E-state index contributed by atoms with van der Waals surface area (Å²) in [6.07, 6.45) is -0.531. The van der Waals surface area contributed by atoms with Crippen molar-refractivity contribution in [1.82, 2.24) is 0 Å². The Morgan fingerprint density at radius 1 is 0.933 bits per heavy atom. The fourth-order valence-corrected chi connectivity index (χ4v) is 3.94. The maximum absolute atomic E-state index is 11.6. The molecule has 0 aromatic heterocycles. The summed E-state index contributed by atoms with van der Waals surface area (Å²) in [6.45, 7) is 16.1. The van der Waals surface area contributed by atoms with E-state index in [1.807, 2.05) is 6.92 Å². The Hall–Kier alpha value is -0.963. The summed E-state index contributed by atoms with van der Waals surface area (Å²) in [4.78, 5) is 23.0. The van der Waals surface area contributed by atoms with Crippen molar-refractivity contribution in [3.05, 3.63) is 0 Å². The molecule has 0 bridgehead atoms. The van der Waals surface area contributed by atoms with E-state index >= 15 is 0 Å². The van der Waals surface area contributed by atoms with E-state index in [1.54, 1.807) is 0 Å². The smallest absolute Gasteiger partial charge is 0.303 e. The first-order valence-corrected chi connectivity index (χ1v) is 14.0. The minimum Gasteiger partial charge on any atom is -0.458 e. The molecule has 178 valence electrons. The van der Waals surface area contributed by atoms with Crippen LogP contribution in [0.2, 0.25) is 18.1 Å². The highest BCUT2D eigenvalue weighted by Crippen LogP contribution is 2.36. The minimum absolute atomic E-state index is 0.143. The SMILES string of the molecule is CCCC[C@H](OC(C)=O)[C@@H](OC(C)=O)[C@H](O)[C@H](O)CCCCO[Si](C)(C)C(C)(C)C. The number of ether oxygens (including phenoxy) is 2. The predicted octanol–water partition coefficient (Wildman–Crippen LogP) is 3.95. The van der Waals surface area contributed by atoms with Gasteiger partial charge in [0.2, 0.25) is 0 Å². The number of hydrogen-bond acceptors (Lipinski definition) is 7. The molecule has 0 saturated carbocycles. The van der Waals surface area contributed by atoms with Gasteiger partial charge in [-0.25, -0.2) is 0 Å². The van der Waals surface area contributed by atoms with Crippen LogP contribution in [-0.4, -0.2) is 61.5 Å². The third-order valence-corrected chi connectivity index (χ3v) is 10.3. The molecule has 0 spiro atoms.